The summed E-state index contributed by atoms with van der Waals surface area (Å²) in [7, 11) is -3.63. The maximum atomic E-state index is 12.0. The molecule has 0 bridgehead atoms. The molecule has 0 atom stereocenters. The van der Waals surface area contributed by atoms with Crippen LogP contribution in [0.5, 0.6) is 0 Å². The van der Waals surface area contributed by atoms with Gasteiger partial charge in [-0.3, -0.25) is 14.6 Å². The lowest BCUT2D eigenvalue weighted by atomic mass is 10.1. The first-order valence-electron chi connectivity index (χ1n) is 6.39. The molecule has 0 saturated heterocycles. The van der Waals surface area contributed by atoms with Crippen molar-refractivity contribution in [2.75, 3.05) is 11.5 Å². The molecule has 116 valence electrons. The fourth-order valence-corrected chi connectivity index (χ4v) is 3.14. The van der Waals surface area contributed by atoms with E-state index in [0.717, 1.165) is 0 Å². The van der Waals surface area contributed by atoms with Gasteiger partial charge in [0.05, 0.1) is 5.75 Å². The Balaban J connectivity index is 2.02. The Morgan fingerprint density at radius 2 is 1.91 bits per heavy atom. The number of hydrogen-bond acceptors (Lipinski definition) is 5. The van der Waals surface area contributed by atoms with Gasteiger partial charge in [0.2, 0.25) is 0 Å². The summed E-state index contributed by atoms with van der Waals surface area (Å²) in [5.74, 6) is -1.43. The van der Waals surface area contributed by atoms with Crippen LogP contribution in [-0.2, 0) is 16.3 Å². The summed E-state index contributed by atoms with van der Waals surface area (Å²) in [6.45, 7) is 0. The normalized spacial score (nSPS) is 11.3. The van der Waals surface area contributed by atoms with Crippen LogP contribution >= 0.6 is 11.6 Å². The number of aryl methyl sites for hydroxylation is 1. The smallest absolute Gasteiger partial charge is 0.269 e. The predicted molar refractivity (Wildman–Crippen MR) is 83.0 cm³/mol. The van der Waals surface area contributed by atoms with Crippen molar-refractivity contribution < 1.29 is 13.2 Å². The highest BCUT2D eigenvalue weighted by Gasteiger charge is 2.19. The number of nitrogens with zero attached hydrogens (tertiary/aromatic N) is 1. The maximum Gasteiger partial charge on any atom is 0.269 e. The van der Waals surface area contributed by atoms with E-state index in [-0.39, 0.29) is 23.4 Å². The molecule has 1 aromatic heterocycles. The standard InChI is InChI=1S/C14H13ClN2O4S/c15-11-3-1-10(2-4-11)13(18)9-22(20,21)8-5-12-14(19)17-7-6-16-12/h1-4,6-7H,5,8-9H2,(H,17,19). The summed E-state index contributed by atoms with van der Waals surface area (Å²) in [4.78, 5) is 29.6. The van der Waals surface area contributed by atoms with Crippen LogP contribution < -0.4 is 5.56 Å². The summed E-state index contributed by atoms with van der Waals surface area (Å²) in [6, 6.07) is 6.00. The zero-order chi connectivity index (χ0) is 16.2. The monoisotopic (exact) mass is 340 g/mol. The van der Waals surface area contributed by atoms with Crippen LogP contribution in [0.15, 0.2) is 41.5 Å². The zero-order valence-corrected chi connectivity index (χ0v) is 13.0. The van der Waals surface area contributed by atoms with Gasteiger partial charge < -0.3 is 4.98 Å². The Hall–Kier alpha value is -1.99. The lowest BCUT2D eigenvalue weighted by Gasteiger charge is -2.04. The Morgan fingerprint density at radius 3 is 2.55 bits per heavy atom. The van der Waals surface area contributed by atoms with Crippen molar-refractivity contribution in [1.29, 1.82) is 0 Å². The number of hydrogen-bond donors (Lipinski definition) is 1. The van der Waals surface area contributed by atoms with Crippen LogP contribution in [-0.4, -0.2) is 35.7 Å². The molecule has 0 fully saturated rings. The van der Waals surface area contributed by atoms with Crippen LogP contribution in [0.1, 0.15) is 16.1 Å². The van der Waals surface area contributed by atoms with E-state index in [1.165, 1.54) is 36.7 Å². The van der Waals surface area contributed by atoms with Crippen molar-refractivity contribution in [3.05, 3.63) is 63.3 Å². The molecule has 0 amide bonds. The van der Waals surface area contributed by atoms with Crippen molar-refractivity contribution in [2.24, 2.45) is 0 Å². The molecule has 0 radical (unpaired) electrons. The Kier molecular flexibility index (Phi) is 5.10. The van der Waals surface area contributed by atoms with E-state index in [4.69, 9.17) is 11.6 Å². The molecular formula is C14H13ClN2O4S. The van der Waals surface area contributed by atoms with Gasteiger partial charge in [-0.1, -0.05) is 11.6 Å². The summed E-state index contributed by atoms with van der Waals surface area (Å²) >= 11 is 5.71. The summed E-state index contributed by atoms with van der Waals surface area (Å²) in [5.41, 5.74) is -0.0181. The molecule has 1 aromatic carbocycles. The first-order chi connectivity index (χ1) is 10.4. The van der Waals surface area contributed by atoms with Crippen molar-refractivity contribution in [1.82, 2.24) is 9.97 Å². The minimum absolute atomic E-state index is 0.0353. The molecule has 0 aliphatic rings. The van der Waals surface area contributed by atoms with E-state index in [2.05, 4.69) is 9.97 Å². The van der Waals surface area contributed by atoms with Gasteiger partial charge in [0.15, 0.2) is 15.6 Å². The molecule has 6 nitrogen and oxygen atoms in total. The van der Waals surface area contributed by atoms with Crippen LogP contribution in [0.4, 0.5) is 0 Å². The highest BCUT2D eigenvalue weighted by molar-refractivity contribution is 7.92. The lowest BCUT2D eigenvalue weighted by molar-refractivity contribution is 0.102. The summed E-state index contributed by atoms with van der Waals surface area (Å²) < 4.78 is 24.0. The topological polar surface area (TPSA) is 97.0 Å². The van der Waals surface area contributed by atoms with E-state index in [1.807, 2.05) is 0 Å². The van der Waals surface area contributed by atoms with E-state index < -0.39 is 26.9 Å². The Labute approximate surface area is 132 Å². The third-order valence-electron chi connectivity index (χ3n) is 2.95. The van der Waals surface area contributed by atoms with Crippen LogP contribution in [0.2, 0.25) is 5.02 Å². The minimum atomic E-state index is -3.63. The molecule has 0 aliphatic heterocycles. The summed E-state index contributed by atoms with van der Waals surface area (Å²) in [6.07, 6.45) is 2.71. The third kappa shape index (κ3) is 4.51. The predicted octanol–water partition coefficient (Wildman–Crippen LogP) is 1.26. The molecule has 1 heterocycles. The van der Waals surface area contributed by atoms with Crippen LogP contribution in [0.25, 0.3) is 0 Å². The number of aromatic amines is 1. The molecule has 0 unspecified atom stereocenters. The second-order valence-corrected chi connectivity index (χ2v) is 7.26. The largest absolute Gasteiger partial charge is 0.326 e. The number of aromatic nitrogens is 2. The molecule has 0 saturated carbocycles. The molecule has 0 spiro atoms. The maximum absolute atomic E-state index is 12.0. The van der Waals surface area contributed by atoms with E-state index in [0.29, 0.717) is 5.02 Å². The fourth-order valence-electron chi connectivity index (χ4n) is 1.80. The Morgan fingerprint density at radius 1 is 1.23 bits per heavy atom. The fraction of sp³-hybridized carbons (Fsp3) is 0.214. The molecule has 22 heavy (non-hydrogen) atoms. The number of carbonyl (C=O) groups is 1. The average Bonchev–Trinajstić information content (AvgIpc) is 2.46. The van der Waals surface area contributed by atoms with E-state index >= 15 is 0 Å². The molecular weight excluding hydrogens is 328 g/mol. The highest BCUT2D eigenvalue weighted by Crippen LogP contribution is 2.11. The molecule has 2 aromatic rings. The van der Waals surface area contributed by atoms with Gasteiger partial charge in [-0.25, -0.2) is 8.42 Å². The first-order valence-corrected chi connectivity index (χ1v) is 8.59. The second kappa shape index (κ2) is 6.85. The number of H-pyrrole nitrogens is 1. The molecule has 2 rings (SSSR count). The highest BCUT2D eigenvalue weighted by atomic mass is 35.5. The van der Waals surface area contributed by atoms with Gasteiger partial charge in [-0.2, -0.15) is 0 Å². The van der Waals surface area contributed by atoms with E-state index in [1.54, 1.807) is 0 Å². The third-order valence-corrected chi connectivity index (χ3v) is 4.73. The molecule has 0 aliphatic carbocycles. The minimum Gasteiger partial charge on any atom is -0.326 e. The average molecular weight is 341 g/mol. The number of ketones is 1. The lowest BCUT2D eigenvalue weighted by Crippen LogP contribution is -2.23. The number of carbonyl (C=O) groups excluding carboxylic acids is 1. The van der Waals surface area contributed by atoms with Gasteiger partial charge in [-0.15, -0.1) is 0 Å². The van der Waals surface area contributed by atoms with Gasteiger partial charge in [0, 0.05) is 29.4 Å². The quantitative estimate of drug-likeness (QED) is 0.798. The van der Waals surface area contributed by atoms with Crippen molar-refractivity contribution in [2.45, 2.75) is 6.42 Å². The van der Waals surface area contributed by atoms with Crippen molar-refractivity contribution >= 4 is 27.2 Å². The number of nitrogens with one attached hydrogen (secondary N) is 1. The summed E-state index contributed by atoms with van der Waals surface area (Å²) in [5, 5.41) is 0.466. The van der Waals surface area contributed by atoms with Crippen LogP contribution in [0.3, 0.4) is 0 Å². The number of halogens is 1. The molecule has 1 N–H and O–H groups in total. The van der Waals surface area contributed by atoms with Crippen molar-refractivity contribution in [3.8, 4) is 0 Å². The SMILES string of the molecule is O=C(CS(=O)(=O)CCc1ncc[nH]c1=O)c1ccc(Cl)cc1. The number of Topliss-reactive ketones (excluding diaryl/α,β-unsaturated/α-hetero) is 1. The van der Waals surface area contributed by atoms with Gasteiger partial charge in [0.25, 0.3) is 5.56 Å². The van der Waals surface area contributed by atoms with Gasteiger partial charge in [0.1, 0.15) is 11.4 Å². The number of benzene rings is 1. The number of sulfone groups is 1. The first kappa shape index (κ1) is 16.4. The Bertz CT molecular complexity index is 828. The van der Waals surface area contributed by atoms with E-state index in [9.17, 15) is 18.0 Å². The van der Waals surface area contributed by atoms with Crippen molar-refractivity contribution in [3.63, 3.8) is 0 Å². The molecule has 8 heteroatoms. The van der Waals surface area contributed by atoms with Crippen LogP contribution in [0, 0.1) is 0 Å². The number of rotatable bonds is 6. The van der Waals surface area contributed by atoms with Gasteiger partial charge in [-0.05, 0) is 24.3 Å². The van der Waals surface area contributed by atoms with Gasteiger partial charge >= 0.3 is 0 Å². The zero-order valence-electron chi connectivity index (χ0n) is 11.5. The second-order valence-electron chi connectivity index (χ2n) is 4.64.